The maximum Gasteiger partial charge on any atom is 0.279 e. The van der Waals surface area contributed by atoms with Crippen LogP contribution < -0.4 is 4.72 Å². The number of nitrogens with one attached hydrogen (secondary N) is 1. The smallest absolute Gasteiger partial charge is 0.279 e. The molecular formula is C21H23F4N5O3S. The van der Waals surface area contributed by atoms with E-state index >= 15 is 0 Å². The van der Waals surface area contributed by atoms with Crippen molar-refractivity contribution in [3.05, 3.63) is 53.1 Å². The molecule has 0 radical (unpaired) electrons. The molecule has 8 nitrogen and oxygen atoms in total. The molecule has 0 saturated carbocycles. The Morgan fingerprint density at radius 3 is 2.47 bits per heavy atom. The Bertz CT molecular complexity index is 1220. The average molecular weight is 502 g/mol. The number of hydrogen-bond acceptors (Lipinski definition) is 6. The van der Waals surface area contributed by atoms with Crippen molar-refractivity contribution in [2.45, 2.75) is 31.7 Å². The Kier molecular flexibility index (Phi) is 6.53. The number of alkyl halides is 1. The number of likely N-dealkylation sites (tertiary alicyclic amines) is 1. The number of aryl methyl sites for hydroxylation is 1. The largest absolute Gasteiger partial charge is 0.384 e. The molecule has 0 bridgehead atoms. The van der Waals surface area contributed by atoms with Gasteiger partial charge in [0.05, 0.1) is 30.3 Å². The van der Waals surface area contributed by atoms with Crippen molar-refractivity contribution < 1.29 is 30.8 Å². The van der Waals surface area contributed by atoms with Gasteiger partial charge in [-0.1, -0.05) is 5.16 Å². The summed E-state index contributed by atoms with van der Waals surface area (Å²) in [5, 5.41) is 3.99. The van der Waals surface area contributed by atoms with Gasteiger partial charge in [-0.15, -0.1) is 0 Å². The van der Waals surface area contributed by atoms with E-state index < -0.39 is 51.5 Å². The van der Waals surface area contributed by atoms with E-state index in [1.165, 1.54) is 26.4 Å². The molecule has 0 unspecified atom stereocenters. The van der Waals surface area contributed by atoms with Crippen LogP contribution in [-0.4, -0.2) is 67.8 Å². The molecule has 1 saturated heterocycles. The zero-order valence-electron chi connectivity index (χ0n) is 18.6. The Hall–Kier alpha value is -2.77. The summed E-state index contributed by atoms with van der Waals surface area (Å²) in [6.07, 6.45) is -0.691. The van der Waals surface area contributed by atoms with Crippen molar-refractivity contribution >= 4 is 16.0 Å². The van der Waals surface area contributed by atoms with Gasteiger partial charge in [-0.05, 0) is 18.6 Å². The van der Waals surface area contributed by atoms with E-state index in [4.69, 9.17) is 4.84 Å². The zero-order chi connectivity index (χ0) is 24.8. The molecule has 1 aromatic carbocycles. The number of nitrogens with zero attached hydrogens (tertiary/aromatic N) is 4. The lowest BCUT2D eigenvalue weighted by Crippen LogP contribution is -2.46. The van der Waals surface area contributed by atoms with Gasteiger partial charge in [0.25, 0.3) is 10.2 Å². The maximum atomic E-state index is 14.5. The molecule has 0 spiro atoms. The molecular weight excluding hydrogens is 478 g/mol. The first-order valence-electron chi connectivity index (χ1n) is 10.4. The topological polar surface area (TPSA) is 87.1 Å². The fourth-order valence-corrected chi connectivity index (χ4v) is 4.73. The molecule has 2 aliphatic rings. The van der Waals surface area contributed by atoms with Crippen LogP contribution in [0, 0.1) is 24.4 Å². The molecule has 3 atom stereocenters. The van der Waals surface area contributed by atoms with Gasteiger partial charge >= 0.3 is 0 Å². The van der Waals surface area contributed by atoms with Crippen LogP contribution in [-0.2, 0) is 15.0 Å². The van der Waals surface area contributed by atoms with Gasteiger partial charge in [-0.3, -0.25) is 4.98 Å². The SMILES string of the molecule is Cc1cnc([C@@H]2CC(N3C[C@H](F)[C@H](NS(=O)(=O)N(C)C)C3)=NO2)c(-c2c(F)cc(F)cc2F)c1. The van der Waals surface area contributed by atoms with Crippen molar-refractivity contribution in [1.82, 2.24) is 18.9 Å². The van der Waals surface area contributed by atoms with E-state index in [9.17, 15) is 26.0 Å². The molecule has 0 amide bonds. The van der Waals surface area contributed by atoms with Crippen LogP contribution in [0.15, 0.2) is 29.6 Å². The van der Waals surface area contributed by atoms with Crippen LogP contribution >= 0.6 is 0 Å². The molecule has 2 aromatic rings. The van der Waals surface area contributed by atoms with E-state index in [0.717, 1.165) is 4.31 Å². The van der Waals surface area contributed by atoms with Crippen molar-refractivity contribution in [1.29, 1.82) is 0 Å². The predicted octanol–water partition coefficient (Wildman–Crippen LogP) is 2.67. The third kappa shape index (κ3) is 4.72. The van der Waals surface area contributed by atoms with E-state index in [1.54, 1.807) is 11.8 Å². The van der Waals surface area contributed by atoms with Crippen molar-refractivity contribution in [2.24, 2.45) is 5.16 Å². The standard InChI is InChI=1S/C21H23F4N5O3S/c1-11-4-13(20-14(23)5-12(22)6-15(20)24)21(26-8-11)18-7-19(27-33-18)30-9-16(25)17(10-30)28-34(31,32)29(2)3/h4-6,8,16-18,28H,7,9-10H2,1-3H3/t16-,17+,18-/m0/s1. The summed E-state index contributed by atoms with van der Waals surface area (Å²) in [5.41, 5.74) is 0.470. The second-order valence-corrected chi connectivity index (χ2v) is 10.3. The summed E-state index contributed by atoms with van der Waals surface area (Å²) in [6, 6.07) is 1.71. The number of aromatic nitrogens is 1. The fraction of sp³-hybridized carbons (Fsp3) is 0.429. The minimum absolute atomic E-state index is 0.0263. The summed E-state index contributed by atoms with van der Waals surface area (Å²) in [6.45, 7) is 1.61. The summed E-state index contributed by atoms with van der Waals surface area (Å²) in [5.74, 6) is -2.85. The van der Waals surface area contributed by atoms with Crippen molar-refractivity contribution in [2.75, 3.05) is 27.2 Å². The van der Waals surface area contributed by atoms with Crippen LogP contribution in [0.3, 0.4) is 0 Å². The van der Waals surface area contributed by atoms with E-state index in [0.29, 0.717) is 23.5 Å². The van der Waals surface area contributed by atoms with E-state index in [-0.39, 0.29) is 30.8 Å². The number of rotatable bonds is 5. The molecule has 13 heteroatoms. The first-order chi connectivity index (χ1) is 16.0. The number of benzene rings is 1. The Labute approximate surface area is 194 Å². The highest BCUT2D eigenvalue weighted by Crippen LogP contribution is 2.37. The van der Waals surface area contributed by atoms with Gasteiger partial charge in [-0.25, -0.2) is 17.6 Å². The molecule has 1 fully saturated rings. The summed E-state index contributed by atoms with van der Waals surface area (Å²) in [4.78, 5) is 11.3. The monoisotopic (exact) mass is 501 g/mol. The van der Waals surface area contributed by atoms with Crippen LogP contribution in [0.2, 0.25) is 0 Å². The number of pyridine rings is 1. The van der Waals surface area contributed by atoms with Crippen LogP contribution in [0.4, 0.5) is 17.6 Å². The fourth-order valence-electron chi connectivity index (χ4n) is 3.92. The average Bonchev–Trinajstić information content (AvgIpc) is 3.34. The minimum Gasteiger partial charge on any atom is -0.384 e. The molecule has 2 aliphatic heterocycles. The molecule has 1 aromatic heterocycles. The Morgan fingerprint density at radius 2 is 1.82 bits per heavy atom. The number of oxime groups is 1. The molecule has 34 heavy (non-hydrogen) atoms. The Balaban J connectivity index is 1.55. The molecule has 184 valence electrons. The normalized spacial score (nSPS) is 22.9. The molecule has 0 aliphatic carbocycles. The third-order valence-corrected chi connectivity index (χ3v) is 7.25. The highest BCUT2D eigenvalue weighted by molar-refractivity contribution is 7.87. The summed E-state index contributed by atoms with van der Waals surface area (Å²) in [7, 11) is -1.16. The lowest BCUT2D eigenvalue weighted by atomic mass is 9.97. The molecule has 3 heterocycles. The predicted molar refractivity (Wildman–Crippen MR) is 116 cm³/mol. The first kappa shape index (κ1) is 24.4. The van der Waals surface area contributed by atoms with Gasteiger partial charge in [0, 0.05) is 44.5 Å². The summed E-state index contributed by atoms with van der Waals surface area (Å²) < 4.78 is 84.4. The van der Waals surface area contributed by atoms with E-state index in [2.05, 4.69) is 14.9 Å². The van der Waals surface area contributed by atoms with Crippen LogP contribution in [0.1, 0.15) is 23.8 Å². The van der Waals surface area contributed by atoms with Crippen molar-refractivity contribution in [3.8, 4) is 11.1 Å². The first-order valence-corrected chi connectivity index (χ1v) is 11.8. The van der Waals surface area contributed by atoms with Gasteiger partial charge in [0.2, 0.25) is 0 Å². The number of halogens is 4. The van der Waals surface area contributed by atoms with Gasteiger partial charge in [-0.2, -0.15) is 17.4 Å². The van der Waals surface area contributed by atoms with Gasteiger partial charge in [0.1, 0.15) is 29.5 Å². The van der Waals surface area contributed by atoms with Crippen LogP contribution in [0.5, 0.6) is 0 Å². The third-order valence-electron chi connectivity index (χ3n) is 5.68. The Morgan fingerprint density at radius 1 is 1.15 bits per heavy atom. The lowest BCUT2D eigenvalue weighted by molar-refractivity contribution is 0.0828. The maximum absolute atomic E-state index is 14.5. The number of hydrogen-bond donors (Lipinski definition) is 1. The van der Waals surface area contributed by atoms with Crippen LogP contribution in [0.25, 0.3) is 11.1 Å². The lowest BCUT2D eigenvalue weighted by Gasteiger charge is -2.19. The highest BCUT2D eigenvalue weighted by Gasteiger charge is 2.40. The van der Waals surface area contributed by atoms with Gasteiger partial charge < -0.3 is 9.74 Å². The van der Waals surface area contributed by atoms with Gasteiger partial charge in [0.15, 0.2) is 6.10 Å². The zero-order valence-corrected chi connectivity index (χ0v) is 19.4. The molecule has 4 rings (SSSR count). The summed E-state index contributed by atoms with van der Waals surface area (Å²) >= 11 is 0. The van der Waals surface area contributed by atoms with E-state index in [1.807, 2.05) is 0 Å². The highest BCUT2D eigenvalue weighted by atomic mass is 32.2. The second-order valence-electron chi connectivity index (χ2n) is 8.43. The quantitative estimate of drug-likeness (QED) is 0.637. The minimum atomic E-state index is -3.83. The van der Waals surface area contributed by atoms with Crippen molar-refractivity contribution in [3.63, 3.8) is 0 Å². The second kappa shape index (κ2) is 9.12. The molecule has 1 N–H and O–H groups in total. The number of amidine groups is 1.